The van der Waals surface area contributed by atoms with E-state index in [4.69, 9.17) is 4.74 Å². The molecule has 1 heterocycles. The number of hydrogen-bond acceptors (Lipinski definition) is 5. The molecular formula is C26H35N3O4. The number of pyridine rings is 1. The fraction of sp³-hybridized carbons (Fsp3) is 0.500. The molecule has 3 rings (SSSR count). The lowest BCUT2D eigenvalue weighted by molar-refractivity contribution is 0.0226. The van der Waals surface area contributed by atoms with Crippen molar-refractivity contribution in [2.45, 2.75) is 71.2 Å². The third-order valence-corrected chi connectivity index (χ3v) is 5.48. The van der Waals surface area contributed by atoms with Crippen molar-refractivity contribution in [3.63, 3.8) is 0 Å². The summed E-state index contributed by atoms with van der Waals surface area (Å²) in [5, 5.41) is 9.25. The van der Waals surface area contributed by atoms with Gasteiger partial charge >= 0.3 is 12.1 Å². The third kappa shape index (κ3) is 8.50. The Kier molecular flexibility index (Phi) is 8.44. The molecule has 1 aliphatic rings. The standard InChI is InChI=1S/C26H35N3O4/c1-26(2,3)33-25(32)29(19-22-17-21(24(30)31)13-14-27-22)16-8-7-15-28(23-11-12-23)18-20-9-5-4-6-10-20/h4-6,9-10,13-14,17,23H,7-8,11-12,15-16,18-19H2,1-3H3,(H,30,31). The number of unbranched alkanes of at least 4 members (excludes halogenated alkanes) is 1. The summed E-state index contributed by atoms with van der Waals surface area (Å²) in [6.45, 7) is 8.18. The van der Waals surface area contributed by atoms with Crippen LogP contribution < -0.4 is 0 Å². The fourth-order valence-corrected chi connectivity index (χ4v) is 3.72. The molecule has 0 saturated heterocycles. The SMILES string of the molecule is CC(C)(C)OC(=O)N(CCCCN(Cc1ccccc1)C1CC1)Cc1cc(C(=O)O)ccn1. The molecule has 33 heavy (non-hydrogen) atoms. The summed E-state index contributed by atoms with van der Waals surface area (Å²) < 4.78 is 5.59. The molecule has 1 fully saturated rings. The predicted molar refractivity (Wildman–Crippen MR) is 127 cm³/mol. The van der Waals surface area contributed by atoms with E-state index >= 15 is 0 Å². The van der Waals surface area contributed by atoms with Crippen LogP contribution in [0.2, 0.25) is 0 Å². The molecule has 1 saturated carbocycles. The normalized spacial score (nSPS) is 13.7. The zero-order valence-corrected chi connectivity index (χ0v) is 19.9. The van der Waals surface area contributed by atoms with E-state index in [9.17, 15) is 14.7 Å². The number of aromatic nitrogens is 1. The average molecular weight is 454 g/mol. The Balaban J connectivity index is 1.58. The van der Waals surface area contributed by atoms with Crippen molar-refractivity contribution in [1.82, 2.24) is 14.8 Å². The van der Waals surface area contributed by atoms with E-state index < -0.39 is 17.7 Å². The topological polar surface area (TPSA) is 83.0 Å². The van der Waals surface area contributed by atoms with Gasteiger partial charge in [0.25, 0.3) is 0 Å². The molecule has 0 unspecified atom stereocenters. The van der Waals surface area contributed by atoms with Gasteiger partial charge in [-0.2, -0.15) is 0 Å². The van der Waals surface area contributed by atoms with Crippen LogP contribution in [-0.2, 0) is 17.8 Å². The number of hydrogen-bond donors (Lipinski definition) is 1. The van der Waals surface area contributed by atoms with Crippen molar-refractivity contribution in [2.75, 3.05) is 13.1 Å². The van der Waals surface area contributed by atoms with Gasteiger partial charge < -0.3 is 14.7 Å². The van der Waals surface area contributed by atoms with Crippen LogP contribution in [0.15, 0.2) is 48.7 Å². The largest absolute Gasteiger partial charge is 0.478 e. The number of aromatic carboxylic acids is 1. The quantitative estimate of drug-likeness (QED) is 0.484. The first-order valence-corrected chi connectivity index (χ1v) is 11.7. The maximum atomic E-state index is 12.8. The third-order valence-electron chi connectivity index (χ3n) is 5.48. The Hall–Kier alpha value is -2.93. The summed E-state index contributed by atoms with van der Waals surface area (Å²) in [6.07, 6.45) is 5.35. The molecule has 0 radical (unpaired) electrons. The van der Waals surface area contributed by atoms with Crippen molar-refractivity contribution in [3.8, 4) is 0 Å². The molecule has 1 N–H and O–H groups in total. The highest BCUT2D eigenvalue weighted by Gasteiger charge is 2.28. The molecule has 178 valence electrons. The number of carboxylic acid groups (broad SMARTS) is 1. The first kappa shape index (κ1) is 24.7. The summed E-state index contributed by atoms with van der Waals surface area (Å²) in [7, 11) is 0. The second-order valence-electron chi connectivity index (χ2n) is 9.64. The van der Waals surface area contributed by atoms with Gasteiger partial charge in [0.15, 0.2) is 0 Å². The van der Waals surface area contributed by atoms with Crippen LogP contribution in [0.5, 0.6) is 0 Å². The van der Waals surface area contributed by atoms with Crippen LogP contribution >= 0.6 is 0 Å². The molecule has 0 bridgehead atoms. The summed E-state index contributed by atoms with van der Waals surface area (Å²) in [6, 6.07) is 14.1. The Bertz CT molecular complexity index is 923. The minimum absolute atomic E-state index is 0.158. The van der Waals surface area contributed by atoms with E-state index in [0.717, 1.165) is 25.9 Å². The molecule has 1 aliphatic carbocycles. The van der Waals surface area contributed by atoms with Gasteiger partial charge in [-0.25, -0.2) is 9.59 Å². The van der Waals surface area contributed by atoms with Gasteiger partial charge in [0.2, 0.25) is 0 Å². The first-order chi connectivity index (χ1) is 15.7. The van der Waals surface area contributed by atoms with Crippen LogP contribution in [0.4, 0.5) is 4.79 Å². The van der Waals surface area contributed by atoms with Gasteiger partial charge in [0, 0.05) is 25.3 Å². The van der Waals surface area contributed by atoms with Gasteiger partial charge in [-0.1, -0.05) is 30.3 Å². The zero-order chi connectivity index (χ0) is 23.8. The van der Waals surface area contributed by atoms with Gasteiger partial charge in [0.05, 0.1) is 17.8 Å². The molecule has 1 aromatic carbocycles. The number of rotatable bonds is 11. The van der Waals surface area contributed by atoms with Gasteiger partial charge in [-0.3, -0.25) is 9.88 Å². The van der Waals surface area contributed by atoms with Crippen molar-refractivity contribution >= 4 is 12.1 Å². The van der Waals surface area contributed by atoms with Crippen LogP contribution in [0.1, 0.15) is 68.1 Å². The van der Waals surface area contributed by atoms with Crippen LogP contribution in [0.3, 0.4) is 0 Å². The Morgan fingerprint density at radius 1 is 1.06 bits per heavy atom. The van der Waals surface area contributed by atoms with E-state index in [1.165, 1.54) is 36.7 Å². The number of nitrogens with zero attached hydrogens (tertiary/aromatic N) is 3. The van der Waals surface area contributed by atoms with E-state index in [0.29, 0.717) is 18.3 Å². The minimum Gasteiger partial charge on any atom is -0.478 e. The molecule has 1 amide bonds. The van der Waals surface area contributed by atoms with E-state index in [1.807, 2.05) is 26.8 Å². The average Bonchev–Trinajstić information content (AvgIpc) is 3.60. The summed E-state index contributed by atoms with van der Waals surface area (Å²) in [4.78, 5) is 32.5. The second kappa shape index (κ2) is 11.3. The first-order valence-electron chi connectivity index (χ1n) is 11.7. The maximum Gasteiger partial charge on any atom is 0.410 e. The molecule has 1 aromatic heterocycles. The minimum atomic E-state index is -1.01. The molecule has 7 nitrogen and oxygen atoms in total. The van der Waals surface area contributed by atoms with Gasteiger partial charge in [0.1, 0.15) is 5.60 Å². The highest BCUT2D eigenvalue weighted by Crippen LogP contribution is 2.28. The number of benzene rings is 1. The van der Waals surface area contributed by atoms with Crippen LogP contribution in [-0.4, -0.2) is 56.7 Å². The summed E-state index contributed by atoms with van der Waals surface area (Å²) in [5.74, 6) is -1.01. The predicted octanol–water partition coefficient (Wildman–Crippen LogP) is 4.96. The van der Waals surface area contributed by atoms with Crippen molar-refractivity contribution in [1.29, 1.82) is 0 Å². The Labute approximate surface area is 196 Å². The van der Waals surface area contributed by atoms with E-state index in [1.54, 1.807) is 4.90 Å². The molecular weight excluding hydrogens is 418 g/mol. The Morgan fingerprint density at radius 2 is 1.76 bits per heavy atom. The lowest BCUT2D eigenvalue weighted by atomic mass is 10.2. The summed E-state index contributed by atoms with van der Waals surface area (Å²) >= 11 is 0. The molecule has 2 aromatic rings. The second-order valence-corrected chi connectivity index (χ2v) is 9.64. The van der Waals surface area contributed by atoms with E-state index in [-0.39, 0.29) is 12.1 Å². The van der Waals surface area contributed by atoms with Crippen molar-refractivity contribution < 1.29 is 19.4 Å². The number of carbonyl (C=O) groups is 2. The molecule has 7 heteroatoms. The monoisotopic (exact) mass is 453 g/mol. The highest BCUT2D eigenvalue weighted by atomic mass is 16.6. The number of carboxylic acids is 1. The lowest BCUT2D eigenvalue weighted by Gasteiger charge is -2.28. The van der Waals surface area contributed by atoms with Gasteiger partial charge in [-0.15, -0.1) is 0 Å². The van der Waals surface area contributed by atoms with Crippen LogP contribution in [0.25, 0.3) is 0 Å². The number of amides is 1. The maximum absolute atomic E-state index is 12.8. The fourth-order valence-electron chi connectivity index (χ4n) is 3.72. The lowest BCUT2D eigenvalue weighted by Crippen LogP contribution is -2.37. The smallest absolute Gasteiger partial charge is 0.410 e. The molecule has 0 atom stereocenters. The number of ether oxygens (including phenoxy) is 1. The zero-order valence-electron chi connectivity index (χ0n) is 19.9. The molecule has 0 spiro atoms. The summed E-state index contributed by atoms with van der Waals surface area (Å²) in [5.41, 5.74) is 1.41. The molecule has 0 aliphatic heterocycles. The Morgan fingerprint density at radius 3 is 2.39 bits per heavy atom. The van der Waals surface area contributed by atoms with Crippen LogP contribution in [0, 0.1) is 0 Å². The van der Waals surface area contributed by atoms with Crippen molar-refractivity contribution in [2.24, 2.45) is 0 Å². The number of carbonyl (C=O) groups excluding carboxylic acids is 1. The van der Waals surface area contributed by atoms with Gasteiger partial charge in [-0.05, 0) is 70.7 Å². The highest BCUT2D eigenvalue weighted by molar-refractivity contribution is 5.87. The van der Waals surface area contributed by atoms with Crippen molar-refractivity contribution in [3.05, 3.63) is 65.5 Å². The van der Waals surface area contributed by atoms with E-state index in [2.05, 4.69) is 34.1 Å².